The lowest BCUT2D eigenvalue weighted by Crippen LogP contribution is -2.35. The number of rotatable bonds is 8. The van der Waals surface area contributed by atoms with Crippen LogP contribution in [0.4, 0.5) is 0 Å². The highest BCUT2D eigenvalue weighted by atomic mass is 32.3. The summed E-state index contributed by atoms with van der Waals surface area (Å²) in [6.45, 7) is 0. The summed E-state index contributed by atoms with van der Waals surface area (Å²) < 4.78 is -0.275. The summed E-state index contributed by atoms with van der Waals surface area (Å²) in [4.78, 5) is 5.23. The summed E-state index contributed by atoms with van der Waals surface area (Å²) in [7, 11) is 0. The molecule has 0 nitrogen and oxygen atoms in total. The quantitative estimate of drug-likeness (QED) is 0.203. The first-order chi connectivity index (χ1) is 16.3. The van der Waals surface area contributed by atoms with Crippen LogP contribution in [0.1, 0.15) is 0 Å². The zero-order chi connectivity index (χ0) is 22.4. The molecule has 0 atom stereocenters. The van der Waals surface area contributed by atoms with Gasteiger partial charge >= 0.3 is 0 Å². The molecule has 0 amide bonds. The zero-order valence-corrected chi connectivity index (χ0v) is 22.6. The van der Waals surface area contributed by atoms with Crippen molar-refractivity contribution >= 4 is 70.6 Å². The molecule has 0 bridgehead atoms. The van der Waals surface area contributed by atoms with E-state index in [1.54, 1.807) is 0 Å². The van der Waals surface area contributed by atoms with E-state index >= 15 is 0 Å². The smallest absolute Gasteiger partial charge is 0.118 e. The summed E-state index contributed by atoms with van der Waals surface area (Å²) in [5.41, 5.74) is 0. The molecule has 1 aliphatic rings. The van der Waals surface area contributed by atoms with Crippen molar-refractivity contribution in [2.45, 2.75) is 26.4 Å². The fourth-order valence-electron chi connectivity index (χ4n) is 3.35. The minimum atomic E-state index is -0.138. The van der Waals surface area contributed by atoms with Crippen molar-refractivity contribution < 1.29 is 0 Å². The van der Waals surface area contributed by atoms with Crippen molar-refractivity contribution in [3.8, 4) is 0 Å². The second kappa shape index (κ2) is 11.1. The van der Waals surface area contributed by atoms with E-state index in [4.69, 9.17) is 0 Å². The van der Waals surface area contributed by atoms with Crippen molar-refractivity contribution in [1.29, 1.82) is 0 Å². The first-order valence-corrected chi connectivity index (χ1v) is 15.7. The molecule has 6 heteroatoms. The minimum Gasteiger partial charge on any atom is -0.118 e. The molecule has 0 aromatic heterocycles. The van der Waals surface area contributed by atoms with Crippen LogP contribution < -0.4 is 0 Å². The monoisotopic (exact) mass is 538 g/mol. The summed E-state index contributed by atoms with van der Waals surface area (Å²) >= 11 is 12.2. The van der Waals surface area contributed by atoms with Crippen LogP contribution >= 0.6 is 70.6 Å². The van der Waals surface area contributed by atoms with Crippen LogP contribution in [0.3, 0.4) is 0 Å². The molecule has 0 saturated carbocycles. The van der Waals surface area contributed by atoms with Gasteiger partial charge in [-0.1, -0.05) is 120 Å². The second-order valence-electron chi connectivity index (χ2n) is 7.18. The van der Waals surface area contributed by atoms with E-state index in [0.29, 0.717) is 0 Å². The van der Waals surface area contributed by atoms with E-state index in [9.17, 15) is 0 Å². The van der Waals surface area contributed by atoms with Gasteiger partial charge in [0.15, 0.2) is 6.82 Å². The van der Waals surface area contributed by atoms with Gasteiger partial charge in [0.25, 0.3) is 0 Å². The third-order valence-electron chi connectivity index (χ3n) is 4.85. The SMILES string of the molecule is c1ccc(SC2(Sc3ccccc3)SCSC2(Sc2ccccc2)Sc2ccccc2)cc1. The van der Waals surface area contributed by atoms with Gasteiger partial charge in [-0.2, -0.15) is 0 Å². The molecule has 0 unspecified atom stereocenters. The Hall–Kier alpha value is -1.02. The Kier molecular flexibility index (Phi) is 8.01. The van der Waals surface area contributed by atoms with Gasteiger partial charge in [-0.05, 0) is 48.5 Å². The van der Waals surface area contributed by atoms with E-state index in [1.807, 2.05) is 47.0 Å². The molecule has 1 heterocycles. The Balaban J connectivity index is 1.62. The molecule has 0 spiro atoms. The molecule has 0 N–H and O–H groups in total. The van der Waals surface area contributed by atoms with Crippen molar-refractivity contribution in [3.63, 3.8) is 0 Å². The summed E-state index contributed by atoms with van der Waals surface area (Å²) in [6.07, 6.45) is 0. The highest BCUT2D eigenvalue weighted by Crippen LogP contribution is 2.76. The van der Waals surface area contributed by atoms with E-state index in [2.05, 4.69) is 145 Å². The number of benzene rings is 4. The standard InChI is InChI=1S/C27H22S6/c1-5-13-22(14-6-1)30-26(31-23-15-7-2-8-16-23)27(29-21-28-26,32-24-17-9-3-10-18-24)33-25-19-11-4-12-20-25/h1-20H,21H2. The molecule has 0 radical (unpaired) electrons. The largest absolute Gasteiger partial charge is 0.150 e. The van der Waals surface area contributed by atoms with E-state index in [-0.39, 0.29) is 6.82 Å². The molecule has 5 rings (SSSR count). The van der Waals surface area contributed by atoms with Gasteiger partial charge < -0.3 is 0 Å². The molecule has 4 aromatic rings. The number of thioether (sulfide) groups is 6. The molecule has 1 fully saturated rings. The highest BCUT2D eigenvalue weighted by molar-refractivity contribution is 8.48. The lowest BCUT2D eigenvalue weighted by Gasteiger charge is -2.42. The Bertz CT molecular complexity index is 960. The highest BCUT2D eigenvalue weighted by Gasteiger charge is 2.60. The van der Waals surface area contributed by atoms with Crippen molar-refractivity contribution in [3.05, 3.63) is 121 Å². The minimum absolute atomic E-state index is 0.138. The molecule has 4 aromatic carbocycles. The van der Waals surface area contributed by atoms with Crippen LogP contribution in [-0.2, 0) is 0 Å². The normalized spacial score (nSPS) is 16.5. The summed E-state index contributed by atoms with van der Waals surface area (Å²) in [6, 6.07) is 43.5. The van der Waals surface area contributed by atoms with Crippen LogP contribution in [0.25, 0.3) is 0 Å². The van der Waals surface area contributed by atoms with E-state index in [0.717, 1.165) is 5.08 Å². The van der Waals surface area contributed by atoms with Gasteiger partial charge in [0.2, 0.25) is 0 Å². The Morgan fingerprint density at radius 2 is 0.636 bits per heavy atom. The van der Waals surface area contributed by atoms with E-state index < -0.39 is 0 Å². The van der Waals surface area contributed by atoms with Gasteiger partial charge in [0, 0.05) is 24.7 Å². The van der Waals surface area contributed by atoms with Crippen molar-refractivity contribution in [2.24, 2.45) is 0 Å². The first kappa shape index (κ1) is 23.7. The van der Waals surface area contributed by atoms with Crippen LogP contribution in [0.5, 0.6) is 0 Å². The van der Waals surface area contributed by atoms with Gasteiger partial charge in [0.05, 0.1) is 0 Å². The van der Waals surface area contributed by atoms with Crippen LogP contribution in [0.2, 0.25) is 0 Å². The lowest BCUT2D eigenvalue weighted by molar-refractivity contribution is 1.18. The zero-order valence-electron chi connectivity index (χ0n) is 17.7. The molecule has 166 valence electrons. The van der Waals surface area contributed by atoms with E-state index in [1.165, 1.54) is 19.6 Å². The maximum Gasteiger partial charge on any atom is 0.150 e. The van der Waals surface area contributed by atoms with Crippen molar-refractivity contribution in [1.82, 2.24) is 0 Å². The van der Waals surface area contributed by atoms with Gasteiger partial charge in [0.1, 0.15) is 0 Å². The fourth-order valence-corrected chi connectivity index (χ4v) is 16.0. The van der Waals surface area contributed by atoms with Crippen molar-refractivity contribution in [2.75, 3.05) is 5.08 Å². The Morgan fingerprint density at radius 3 is 0.879 bits per heavy atom. The third kappa shape index (κ3) is 5.63. The predicted octanol–water partition coefficient (Wildman–Crippen LogP) is 9.90. The predicted molar refractivity (Wildman–Crippen MR) is 155 cm³/mol. The molecule has 0 aliphatic carbocycles. The number of hydrogen-bond acceptors (Lipinski definition) is 6. The Morgan fingerprint density at radius 1 is 0.394 bits per heavy atom. The average Bonchev–Trinajstić information content (AvgIpc) is 3.18. The first-order valence-electron chi connectivity index (χ1n) is 10.5. The molecular weight excluding hydrogens is 517 g/mol. The second-order valence-corrected chi connectivity index (χ2v) is 16.6. The van der Waals surface area contributed by atoms with Crippen LogP contribution in [0, 0.1) is 0 Å². The summed E-state index contributed by atoms with van der Waals surface area (Å²) in [5, 5.41) is 1.05. The average molecular weight is 539 g/mol. The summed E-state index contributed by atoms with van der Waals surface area (Å²) in [5.74, 6) is 0. The fraction of sp³-hybridized carbons (Fsp3) is 0.111. The maximum absolute atomic E-state index is 2.24. The Labute approximate surface area is 221 Å². The molecular formula is C27H22S6. The van der Waals surface area contributed by atoms with Gasteiger partial charge in [-0.3, -0.25) is 0 Å². The molecule has 1 saturated heterocycles. The lowest BCUT2D eigenvalue weighted by atomic mass is 10.4. The van der Waals surface area contributed by atoms with Gasteiger partial charge in [-0.25, -0.2) is 0 Å². The van der Waals surface area contributed by atoms with Gasteiger partial charge in [-0.15, -0.1) is 23.5 Å². The maximum atomic E-state index is 2.24. The van der Waals surface area contributed by atoms with Crippen LogP contribution in [-0.4, -0.2) is 11.9 Å². The molecule has 33 heavy (non-hydrogen) atoms. The molecule has 1 aliphatic heterocycles. The van der Waals surface area contributed by atoms with Crippen LogP contribution in [0.15, 0.2) is 141 Å². The third-order valence-corrected chi connectivity index (χ3v) is 16.1. The topological polar surface area (TPSA) is 0 Å². The number of hydrogen-bond donors (Lipinski definition) is 0.